The standard InChI is InChI=1S/C17H22N4O2.ClH/c1-11(18-2)10-15-19-16(23-20-15)13-6-4-5-7-14(13)21(3)17(22)12-8-9-12;/h4-7,11-12,18H,8-10H2,1-3H3;1H. The zero-order chi connectivity index (χ0) is 16.4. The smallest absolute Gasteiger partial charge is 0.260 e. The second-order valence-corrected chi connectivity index (χ2v) is 6.10. The number of aromatic nitrogens is 2. The van der Waals surface area contributed by atoms with Crippen LogP contribution in [0.4, 0.5) is 5.69 Å². The third-order valence-corrected chi connectivity index (χ3v) is 4.20. The molecule has 1 saturated carbocycles. The van der Waals surface area contributed by atoms with Gasteiger partial charge in [-0.3, -0.25) is 4.79 Å². The molecule has 1 aliphatic carbocycles. The number of nitrogens with one attached hydrogen (secondary N) is 1. The zero-order valence-corrected chi connectivity index (χ0v) is 15.0. The molecule has 1 N–H and O–H groups in total. The van der Waals surface area contributed by atoms with Crippen molar-refractivity contribution < 1.29 is 9.32 Å². The van der Waals surface area contributed by atoms with E-state index >= 15 is 0 Å². The number of halogens is 1. The highest BCUT2D eigenvalue weighted by Crippen LogP contribution is 2.35. The summed E-state index contributed by atoms with van der Waals surface area (Å²) in [4.78, 5) is 18.5. The number of carbonyl (C=O) groups is 1. The molecule has 24 heavy (non-hydrogen) atoms. The molecule has 0 bridgehead atoms. The molecule has 7 heteroatoms. The van der Waals surface area contributed by atoms with E-state index in [1.165, 1.54) is 0 Å². The van der Waals surface area contributed by atoms with E-state index in [9.17, 15) is 4.79 Å². The van der Waals surface area contributed by atoms with Crippen LogP contribution < -0.4 is 10.2 Å². The summed E-state index contributed by atoms with van der Waals surface area (Å²) in [6.07, 6.45) is 2.66. The molecular formula is C17H23ClN4O2. The van der Waals surface area contributed by atoms with Crippen LogP contribution in [0.15, 0.2) is 28.8 Å². The Morgan fingerprint density at radius 2 is 2.12 bits per heavy atom. The quantitative estimate of drug-likeness (QED) is 0.867. The SMILES string of the molecule is CNC(C)Cc1noc(-c2ccccc2N(C)C(=O)C2CC2)n1.Cl. The number of para-hydroxylation sites is 1. The first-order valence-corrected chi connectivity index (χ1v) is 7.97. The van der Waals surface area contributed by atoms with Crippen molar-refractivity contribution in [3.63, 3.8) is 0 Å². The van der Waals surface area contributed by atoms with E-state index in [1.54, 1.807) is 11.9 Å². The fourth-order valence-electron chi connectivity index (χ4n) is 2.49. The van der Waals surface area contributed by atoms with E-state index in [1.807, 2.05) is 31.3 Å². The molecule has 1 aromatic carbocycles. The van der Waals surface area contributed by atoms with E-state index < -0.39 is 0 Å². The fraction of sp³-hybridized carbons (Fsp3) is 0.471. The first-order valence-electron chi connectivity index (χ1n) is 7.97. The summed E-state index contributed by atoms with van der Waals surface area (Å²) in [6.45, 7) is 2.06. The summed E-state index contributed by atoms with van der Waals surface area (Å²) in [5.41, 5.74) is 1.60. The van der Waals surface area contributed by atoms with Gasteiger partial charge >= 0.3 is 0 Å². The van der Waals surface area contributed by atoms with Crippen LogP contribution in [0.3, 0.4) is 0 Å². The molecule has 130 valence electrons. The number of anilines is 1. The molecule has 1 aromatic heterocycles. The Hall–Kier alpha value is -1.92. The number of hydrogen-bond acceptors (Lipinski definition) is 5. The van der Waals surface area contributed by atoms with Gasteiger partial charge in [-0.25, -0.2) is 0 Å². The van der Waals surface area contributed by atoms with Crippen molar-refractivity contribution in [2.24, 2.45) is 5.92 Å². The van der Waals surface area contributed by atoms with Crippen LogP contribution in [0.25, 0.3) is 11.5 Å². The Morgan fingerprint density at radius 1 is 1.42 bits per heavy atom. The minimum Gasteiger partial charge on any atom is -0.334 e. The van der Waals surface area contributed by atoms with E-state index in [0.717, 1.165) is 24.1 Å². The number of hydrogen-bond donors (Lipinski definition) is 1. The lowest BCUT2D eigenvalue weighted by Crippen LogP contribution is -2.28. The van der Waals surface area contributed by atoms with Gasteiger partial charge in [-0.15, -0.1) is 12.4 Å². The number of likely N-dealkylation sites (N-methyl/N-ethyl adjacent to an activating group) is 1. The normalized spacial score (nSPS) is 14.8. The number of benzene rings is 1. The predicted octanol–water partition coefficient (Wildman–Crippen LogP) is 2.68. The molecule has 1 unspecified atom stereocenters. The molecule has 6 nitrogen and oxygen atoms in total. The summed E-state index contributed by atoms with van der Waals surface area (Å²) in [7, 11) is 3.71. The van der Waals surface area contributed by atoms with Gasteiger partial charge in [0.15, 0.2) is 5.82 Å². The van der Waals surface area contributed by atoms with Crippen LogP contribution in [-0.2, 0) is 11.2 Å². The fourth-order valence-corrected chi connectivity index (χ4v) is 2.49. The molecule has 1 heterocycles. The minimum absolute atomic E-state index is 0. The van der Waals surface area contributed by atoms with Crippen LogP contribution in [0, 0.1) is 5.92 Å². The lowest BCUT2D eigenvalue weighted by atomic mass is 10.1. The van der Waals surface area contributed by atoms with Gasteiger partial charge in [0.05, 0.1) is 11.3 Å². The summed E-state index contributed by atoms with van der Waals surface area (Å²) < 4.78 is 5.42. The Morgan fingerprint density at radius 3 is 2.79 bits per heavy atom. The van der Waals surface area contributed by atoms with Crippen molar-refractivity contribution in [1.82, 2.24) is 15.5 Å². The van der Waals surface area contributed by atoms with E-state index in [4.69, 9.17) is 4.52 Å². The third-order valence-electron chi connectivity index (χ3n) is 4.20. The molecule has 3 rings (SSSR count). The Bertz CT molecular complexity index is 699. The van der Waals surface area contributed by atoms with Crippen molar-refractivity contribution >= 4 is 24.0 Å². The molecule has 1 atom stereocenters. The van der Waals surface area contributed by atoms with Gasteiger partial charge in [-0.2, -0.15) is 4.98 Å². The van der Waals surface area contributed by atoms with Crippen LogP contribution >= 0.6 is 12.4 Å². The molecule has 2 aromatic rings. The van der Waals surface area contributed by atoms with Gasteiger partial charge < -0.3 is 14.7 Å². The summed E-state index contributed by atoms with van der Waals surface area (Å²) in [5.74, 6) is 1.44. The molecule has 0 aliphatic heterocycles. The maximum atomic E-state index is 12.3. The minimum atomic E-state index is 0. The molecule has 0 radical (unpaired) electrons. The predicted molar refractivity (Wildman–Crippen MR) is 95.3 cm³/mol. The molecule has 0 spiro atoms. The van der Waals surface area contributed by atoms with Crippen molar-refractivity contribution in [2.75, 3.05) is 19.0 Å². The highest BCUT2D eigenvalue weighted by molar-refractivity contribution is 5.98. The summed E-state index contributed by atoms with van der Waals surface area (Å²) >= 11 is 0. The Kier molecular flexibility index (Phi) is 5.96. The summed E-state index contributed by atoms with van der Waals surface area (Å²) in [6, 6.07) is 7.92. The van der Waals surface area contributed by atoms with Crippen molar-refractivity contribution in [1.29, 1.82) is 0 Å². The van der Waals surface area contributed by atoms with Crippen molar-refractivity contribution in [2.45, 2.75) is 32.2 Å². The van der Waals surface area contributed by atoms with Crippen LogP contribution in [-0.4, -0.2) is 36.2 Å². The number of amides is 1. The second kappa shape index (κ2) is 7.77. The highest BCUT2D eigenvalue weighted by Gasteiger charge is 2.33. The van der Waals surface area contributed by atoms with E-state index in [2.05, 4.69) is 22.4 Å². The Balaban J connectivity index is 0.00000208. The van der Waals surface area contributed by atoms with E-state index in [0.29, 0.717) is 18.1 Å². The number of carbonyl (C=O) groups excluding carboxylic acids is 1. The van der Waals surface area contributed by atoms with Gasteiger partial charge in [-0.05, 0) is 38.9 Å². The van der Waals surface area contributed by atoms with Gasteiger partial charge in [0.25, 0.3) is 5.89 Å². The lowest BCUT2D eigenvalue weighted by molar-refractivity contribution is -0.119. The first-order chi connectivity index (χ1) is 11.1. The monoisotopic (exact) mass is 350 g/mol. The van der Waals surface area contributed by atoms with Gasteiger partial charge in [0.2, 0.25) is 5.91 Å². The van der Waals surface area contributed by atoms with Gasteiger partial charge in [-0.1, -0.05) is 17.3 Å². The van der Waals surface area contributed by atoms with Crippen molar-refractivity contribution in [3.8, 4) is 11.5 Å². The number of nitrogens with zero attached hydrogens (tertiary/aromatic N) is 3. The van der Waals surface area contributed by atoms with Crippen LogP contribution in [0.2, 0.25) is 0 Å². The van der Waals surface area contributed by atoms with Gasteiger partial charge in [0.1, 0.15) is 0 Å². The second-order valence-electron chi connectivity index (χ2n) is 6.10. The molecule has 1 aliphatic rings. The molecule has 0 saturated heterocycles. The maximum Gasteiger partial charge on any atom is 0.260 e. The molecule has 1 amide bonds. The highest BCUT2D eigenvalue weighted by atomic mass is 35.5. The zero-order valence-electron chi connectivity index (χ0n) is 14.2. The maximum absolute atomic E-state index is 12.3. The average molecular weight is 351 g/mol. The number of rotatable bonds is 6. The van der Waals surface area contributed by atoms with Gasteiger partial charge in [0, 0.05) is 25.4 Å². The lowest BCUT2D eigenvalue weighted by Gasteiger charge is -2.19. The topological polar surface area (TPSA) is 71.3 Å². The van der Waals surface area contributed by atoms with Crippen LogP contribution in [0.5, 0.6) is 0 Å². The van der Waals surface area contributed by atoms with Crippen LogP contribution in [0.1, 0.15) is 25.6 Å². The Labute approximate surface area is 148 Å². The molecular weight excluding hydrogens is 328 g/mol. The third kappa shape index (κ3) is 3.94. The summed E-state index contributed by atoms with van der Waals surface area (Å²) in [5, 5.41) is 7.20. The largest absolute Gasteiger partial charge is 0.334 e. The van der Waals surface area contributed by atoms with Crippen molar-refractivity contribution in [3.05, 3.63) is 30.1 Å². The molecule has 1 fully saturated rings. The van der Waals surface area contributed by atoms with E-state index in [-0.39, 0.29) is 30.3 Å². The average Bonchev–Trinajstić information content (AvgIpc) is 3.33. The first kappa shape index (κ1) is 18.4.